The molecule has 0 aromatic heterocycles. The van der Waals surface area contributed by atoms with Gasteiger partial charge in [-0.05, 0) is 0 Å². The van der Waals surface area contributed by atoms with Crippen LogP contribution in [0.5, 0.6) is 0 Å². The lowest BCUT2D eigenvalue weighted by Crippen LogP contribution is -2.93. The van der Waals surface area contributed by atoms with Gasteiger partial charge in [-0.3, -0.25) is 4.55 Å². The van der Waals surface area contributed by atoms with E-state index < -0.39 is 68.4 Å². The molecule has 0 bridgehead atoms. The minimum absolute atomic E-state index is 7.83. The summed E-state index contributed by atoms with van der Waals surface area (Å²) in [4.78, 5) is 0. The van der Waals surface area contributed by atoms with Gasteiger partial charge in [-0.2, -0.15) is 83.1 Å². The standard InChI is InChI=1S/C10HF19O3S/c11-1(7(21,22)9(25,26)27)3(13,14)5(17,18)2(12,6(19,20)4(1,15)16)8(23,24)10(28,29)33(30,31)32/h(H,30,31,32). The summed E-state index contributed by atoms with van der Waals surface area (Å²) in [5.41, 5.74) is -18.2. The van der Waals surface area contributed by atoms with Crippen LogP contribution in [0.1, 0.15) is 0 Å². The van der Waals surface area contributed by atoms with Gasteiger partial charge in [-0.1, -0.05) is 0 Å². The van der Waals surface area contributed by atoms with E-state index in [1.807, 2.05) is 0 Å². The molecule has 0 saturated heterocycles. The summed E-state index contributed by atoms with van der Waals surface area (Å²) in [6.45, 7) is 0. The van der Waals surface area contributed by atoms with Gasteiger partial charge >= 0.3 is 68.4 Å². The zero-order valence-electron chi connectivity index (χ0n) is 13.9. The largest absolute Gasteiger partial charge is 0.457 e. The normalized spacial score (nSPS) is 32.5. The van der Waals surface area contributed by atoms with Gasteiger partial charge in [0.05, 0.1) is 0 Å². The minimum atomic E-state index is -9.16. The third-order valence-electron chi connectivity index (χ3n) is 4.43. The number of alkyl halides is 19. The van der Waals surface area contributed by atoms with E-state index in [2.05, 4.69) is 0 Å². The lowest BCUT2D eigenvalue weighted by atomic mass is 9.62. The third-order valence-corrected chi connectivity index (χ3v) is 5.33. The van der Waals surface area contributed by atoms with Gasteiger partial charge in [0.1, 0.15) is 0 Å². The molecule has 198 valence electrons. The van der Waals surface area contributed by atoms with E-state index in [0.717, 1.165) is 0 Å². The summed E-state index contributed by atoms with van der Waals surface area (Å²) in [7, 11) is -8.20. The zero-order chi connectivity index (χ0) is 27.5. The van der Waals surface area contributed by atoms with Gasteiger partial charge < -0.3 is 0 Å². The quantitative estimate of drug-likeness (QED) is 0.376. The first-order valence-corrected chi connectivity index (χ1v) is 8.25. The molecule has 1 aliphatic rings. The molecule has 3 nitrogen and oxygen atoms in total. The van der Waals surface area contributed by atoms with Gasteiger partial charge in [0.15, 0.2) is 0 Å². The topological polar surface area (TPSA) is 54.4 Å². The van der Waals surface area contributed by atoms with Crippen molar-refractivity contribution in [3.05, 3.63) is 0 Å². The molecule has 0 amide bonds. The summed E-state index contributed by atoms with van der Waals surface area (Å²) in [6, 6.07) is 0. The molecular formula is C10HF19O3S. The highest BCUT2D eigenvalue weighted by atomic mass is 32.2. The van der Waals surface area contributed by atoms with Crippen molar-refractivity contribution in [3.63, 3.8) is 0 Å². The van der Waals surface area contributed by atoms with E-state index in [1.54, 1.807) is 0 Å². The fourth-order valence-corrected chi connectivity index (χ4v) is 3.07. The van der Waals surface area contributed by atoms with Gasteiger partial charge in [-0.25, -0.2) is 8.78 Å². The summed E-state index contributed by atoms with van der Waals surface area (Å²) in [5, 5.41) is -8.20. The van der Waals surface area contributed by atoms with Crippen LogP contribution >= 0.6 is 0 Å². The van der Waals surface area contributed by atoms with E-state index >= 15 is 0 Å². The van der Waals surface area contributed by atoms with Crippen molar-refractivity contribution in [2.45, 2.75) is 58.3 Å². The number of halogens is 19. The molecule has 1 N–H and O–H groups in total. The van der Waals surface area contributed by atoms with Crippen LogP contribution in [0.15, 0.2) is 0 Å². The Morgan fingerprint density at radius 3 is 0.879 bits per heavy atom. The summed E-state index contributed by atoms with van der Waals surface area (Å²) < 4.78 is 282. The van der Waals surface area contributed by atoms with Crippen molar-refractivity contribution in [2.75, 3.05) is 0 Å². The summed E-state index contributed by atoms with van der Waals surface area (Å²) >= 11 is 0. The molecule has 0 radical (unpaired) electrons. The molecule has 0 aromatic rings. The fraction of sp³-hybridized carbons (Fsp3) is 1.00. The number of hydrogen-bond donors (Lipinski definition) is 1. The molecule has 0 aliphatic heterocycles. The summed E-state index contributed by atoms with van der Waals surface area (Å²) in [6.07, 6.45) is -8.24. The summed E-state index contributed by atoms with van der Waals surface area (Å²) in [5.74, 6) is -54.0. The van der Waals surface area contributed by atoms with Crippen LogP contribution < -0.4 is 0 Å². The van der Waals surface area contributed by atoms with Crippen LogP contribution in [0.4, 0.5) is 83.4 Å². The maximum absolute atomic E-state index is 14.2. The lowest BCUT2D eigenvalue weighted by Gasteiger charge is -2.58. The predicted molar refractivity (Wildman–Crippen MR) is 59.9 cm³/mol. The highest BCUT2D eigenvalue weighted by molar-refractivity contribution is 7.87. The van der Waals surface area contributed by atoms with Crippen molar-refractivity contribution >= 4 is 10.1 Å². The average molecular weight is 562 g/mol. The van der Waals surface area contributed by atoms with E-state index in [4.69, 9.17) is 4.55 Å². The first-order valence-electron chi connectivity index (χ1n) is 6.81. The second-order valence-corrected chi connectivity index (χ2v) is 7.72. The predicted octanol–water partition coefficient (Wildman–Crippen LogP) is 5.27. The molecule has 0 heterocycles. The van der Waals surface area contributed by atoms with Crippen LogP contribution in [0, 0.1) is 0 Å². The van der Waals surface area contributed by atoms with Crippen LogP contribution in [0.3, 0.4) is 0 Å². The monoisotopic (exact) mass is 562 g/mol. The molecule has 0 atom stereocenters. The number of hydrogen-bond acceptors (Lipinski definition) is 2. The second-order valence-electron chi connectivity index (χ2n) is 6.25. The Bertz CT molecular complexity index is 887. The van der Waals surface area contributed by atoms with Crippen LogP contribution in [-0.2, 0) is 10.1 Å². The molecule has 0 spiro atoms. The van der Waals surface area contributed by atoms with Crippen molar-refractivity contribution < 1.29 is 96.4 Å². The lowest BCUT2D eigenvalue weighted by molar-refractivity contribution is -0.525. The minimum Gasteiger partial charge on any atom is -0.281 e. The zero-order valence-corrected chi connectivity index (χ0v) is 14.7. The SMILES string of the molecule is O=S(=O)(O)C(F)(F)C(F)(F)C1(F)C(F)(F)C(F)(F)C(F)(C(F)(F)C(F)(F)F)C(F)(F)C1(F)F. The Balaban J connectivity index is 4.38. The first kappa shape index (κ1) is 29.6. The highest BCUT2D eigenvalue weighted by Crippen LogP contribution is 2.76. The Kier molecular flexibility index (Phi) is 5.76. The Labute approximate surface area is 166 Å². The molecular weight excluding hydrogens is 561 g/mol. The van der Waals surface area contributed by atoms with E-state index in [9.17, 15) is 91.8 Å². The van der Waals surface area contributed by atoms with Gasteiger partial charge in [0, 0.05) is 0 Å². The Hall–Kier alpha value is -1.42. The first-order chi connectivity index (χ1) is 13.8. The van der Waals surface area contributed by atoms with Gasteiger partial charge in [0.25, 0.3) is 0 Å². The molecule has 1 fully saturated rings. The Morgan fingerprint density at radius 2 is 0.697 bits per heavy atom. The second kappa shape index (κ2) is 6.42. The molecule has 0 unspecified atom stereocenters. The van der Waals surface area contributed by atoms with Crippen molar-refractivity contribution in [2.24, 2.45) is 0 Å². The highest BCUT2D eigenvalue weighted by Gasteiger charge is 3.10. The maximum Gasteiger partial charge on any atom is 0.457 e. The van der Waals surface area contributed by atoms with Crippen LogP contribution in [0.2, 0.25) is 0 Å². The van der Waals surface area contributed by atoms with Crippen LogP contribution in [0.25, 0.3) is 0 Å². The van der Waals surface area contributed by atoms with Crippen LogP contribution in [-0.4, -0.2) is 71.3 Å². The van der Waals surface area contributed by atoms with Crippen molar-refractivity contribution in [1.82, 2.24) is 0 Å². The fourth-order valence-electron chi connectivity index (χ4n) is 2.61. The number of rotatable bonds is 4. The molecule has 23 heteroatoms. The van der Waals surface area contributed by atoms with Crippen molar-refractivity contribution in [1.29, 1.82) is 0 Å². The van der Waals surface area contributed by atoms with E-state index in [1.165, 1.54) is 0 Å². The van der Waals surface area contributed by atoms with Gasteiger partial charge in [-0.15, -0.1) is 0 Å². The molecule has 1 saturated carbocycles. The maximum atomic E-state index is 14.2. The van der Waals surface area contributed by atoms with Crippen molar-refractivity contribution in [3.8, 4) is 0 Å². The molecule has 1 aliphatic carbocycles. The molecule has 0 aromatic carbocycles. The third kappa shape index (κ3) is 2.62. The van der Waals surface area contributed by atoms with Gasteiger partial charge in [0.2, 0.25) is 0 Å². The van der Waals surface area contributed by atoms with E-state index in [0.29, 0.717) is 0 Å². The molecule has 1 rings (SSSR count). The molecule has 33 heavy (non-hydrogen) atoms. The average Bonchev–Trinajstić information content (AvgIpc) is 2.55. The Morgan fingerprint density at radius 1 is 0.485 bits per heavy atom. The van der Waals surface area contributed by atoms with E-state index in [-0.39, 0.29) is 0 Å². The smallest absolute Gasteiger partial charge is 0.281 e.